The lowest BCUT2D eigenvalue weighted by Gasteiger charge is -1.89. The Hall–Kier alpha value is -0.920. The quantitative estimate of drug-likeness (QED) is 0.497. The van der Waals surface area contributed by atoms with Crippen LogP contribution in [0.15, 0.2) is 12.4 Å². The fourth-order valence-electron chi connectivity index (χ4n) is 0.588. The molecule has 42 valence electrons. The van der Waals surface area contributed by atoms with Crippen molar-refractivity contribution >= 4 is 0 Å². The number of rotatable bonds is 0. The summed E-state index contributed by atoms with van der Waals surface area (Å²) in [5.41, 5.74) is 2.05. The summed E-state index contributed by atoms with van der Waals surface area (Å²) in [6, 6.07) is 1.94. The van der Waals surface area contributed by atoms with Gasteiger partial charge in [0.05, 0.1) is 0 Å². The highest BCUT2D eigenvalue weighted by molar-refractivity contribution is 5.03. The molecule has 1 aromatic heterocycles. The lowest BCUT2D eigenvalue weighted by atomic mass is 10.4. The average Bonchev–Trinajstić information content (AvgIpc) is 1.64. The highest BCUT2D eigenvalue weighted by Gasteiger charge is 1.83. The van der Waals surface area contributed by atoms with Crippen molar-refractivity contribution in [3.05, 3.63) is 23.8 Å². The highest BCUT2D eigenvalue weighted by atomic mass is 14.8. The van der Waals surface area contributed by atoms with E-state index in [0.717, 1.165) is 11.4 Å². The number of nitrogens with zero attached hydrogens (tertiary/aromatic N) is 2. The monoisotopic (exact) mass is 108 g/mol. The van der Waals surface area contributed by atoms with Crippen LogP contribution in [0, 0.1) is 13.8 Å². The Kier molecular flexibility index (Phi) is 1.24. The second-order valence-corrected chi connectivity index (χ2v) is 1.80. The molecule has 0 aromatic carbocycles. The summed E-state index contributed by atoms with van der Waals surface area (Å²) in [6.45, 7) is 3.91. The zero-order chi connectivity index (χ0) is 5.98. The summed E-state index contributed by atoms with van der Waals surface area (Å²) in [4.78, 5) is 7.86. The third-order valence-corrected chi connectivity index (χ3v) is 0.941. The summed E-state index contributed by atoms with van der Waals surface area (Å²) >= 11 is 0. The van der Waals surface area contributed by atoms with Crippen LogP contribution in [0.1, 0.15) is 11.4 Å². The molecule has 0 saturated heterocycles. The number of aryl methyl sites for hydroxylation is 2. The number of aromatic nitrogens is 2. The molecule has 0 saturated carbocycles. The molecule has 0 aliphatic rings. The van der Waals surface area contributed by atoms with Gasteiger partial charge in [-0.05, 0) is 19.9 Å². The van der Waals surface area contributed by atoms with Gasteiger partial charge in [-0.2, -0.15) is 0 Å². The van der Waals surface area contributed by atoms with Crippen LogP contribution in [0.3, 0.4) is 0 Å². The Labute approximate surface area is 48.6 Å². The van der Waals surface area contributed by atoms with E-state index in [4.69, 9.17) is 0 Å². The van der Waals surface area contributed by atoms with Gasteiger partial charge in [-0.15, -0.1) is 0 Å². The third-order valence-electron chi connectivity index (χ3n) is 0.941. The molecule has 0 amide bonds. The second kappa shape index (κ2) is 1.90. The zero-order valence-electron chi connectivity index (χ0n) is 5.05. The molecule has 1 rings (SSSR count). The van der Waals surface area contributed by atoms with Gasteiger partial charge in [-0.25, -0.2) is 9.97 Å². The van der Waals surface area contributed by atoms with Crippen LogP contribution in [0.2, 0.25) is 0 Å². The minimum absolute atomic E-state index is 1.03. The van der Waals surface area contributed by atoms with Gasteiger partial charge in [0.1, 0.15) is 6.33 Å². The van der Waals surface area contributed by atoms with Gasteiger partial charge in [0.25, 0.3) is 0 Å². The number of hydrogen-bond donors (Lipinski definition) is 0. The molecule has 2 nitrogen and oxygen atoms in total. The first-order valence-corrected chi connectivity index (χ1v) is 2.54. The SMILES string of the molecule is Cc1cc(C)ncn1. The maximum absolute atomic E-state index is 3.93. The summed E-state index contributed by atoms with van der Waals surface area (Å²) in [6.07, 6.45) is 1.57. The summed E-state index contributed by atoms with van der Waals surface area (Å²) in [5.74, 6) is 0. The largest absolute Gasteiger partial charge is 0.242 e. The molecule has 0 bridgehead atoms. The Morgan fingerprint density at radius 3 is 1.88 bits per heavy atom. The predicted octanol–water partition coefficient (Wildman–Crippen LogP) is 1.09. The highest BCUT2D eigenvalue weighted by Crippen LogP contribution is 1.91. The van der Waals surface area contributed by atoms with E-state index in [1.165, 1.54) is 0 Å². The van der Waals surface area contributed by atoms with Crippen molar-refractivity contribution in [2.45, 2.75) is 13.8 Å². The van der Waals surface area contributed by atoms with Crippen LogP contribution in [0.4, 0.5) is 0 Å². The van der Waals surface area contributed by atoms with E-state index in [1.54, 1.807) is 6.33 Å². The van der Waals surface area contributed by atoms with Crippen LogP contribution < -0.4 is 0 Å². The fourth-order valence-corrected chi connectivity index (χ4v) is 0.588. The molecular formula is C6H8N2. The minimum Gasteiger partial charge on any atom is -0.242 e. The lowest BCUT2D eigenvalue weighted by Crippen LogP contribution is -1.84. The molecule has 1 heterocycles. The Morgan fingerprint density at radius 1 is 1.12 bits per heavy atom. The number of hydrogen-bond acceptors (Lipinski definition) is 2. The molecule has 0 spiro atoms. The van der Waals surface area contributed by atoms with Gasteiger partial charge in [-0.1, -0.05) is 0 Å². The van der Waals surface area contributed by atoms with E-state index in [1.807, 2.05) is 19.9 Å². The molecule has 2 heteroatoms. The van der Waals surface area contributed by atoms with Crippen molar-refractivity contribution in [3.8, 4) is 0 Å². The first-order chi connectivity index (χ1) is 3.79. The van der Waals surface area contributed by atoms with Gasteiger partial charge in [0, 0.05) is 11.4 Å². The van der Waals surface area contributed by atoms with Crippen LogP contribution in [-0.4, -0.2) is 9.97 Å². The third kappa shape index (κ3) is 1.03. The molecule has 8 heavy (non-hydrogen) atoms. The Balaban J connectivity index is 3.08. The predicted molar refractivity (Wildman–Crippen MR) is 31.5 cm³/mol. The maximum Gasteiger partial charge on any atom is 0.115 e. The van der Waals surface area contributed by atoms with Gasteiger partial charge >= 0.3 is 0 Å². The summed E-state index contributed by atoms with van der Waals surface area (Å²) in [7, 11) is 0. The normalized spacial score (nSPS) is 9.25. The average molecular weight is 108 g/mol. The first kappa shape index (κ1) is 5.22. The van der Waals surface area contributed by atoms with Crippen molar-refractivity contribution in [3.63, 3.8) is 0 Å². The van der Waals surface area contributed by atoms with Crippen LogP contribution in [0.5, 0.6) is 0 Å². The zero-order valence-corrected chi connectivity index (χ0v) is 5.05. The molecular weight excluding hydrogens is 100 g/mol. The van der Waals surface area contributed by atoms with E-state index in [0.29, 0.717) is 0 Å². The van der Waals surface area contributed by atoms with E-state index in [9.17, 15) is 0 Å². The van der Waals surface area contributed by atoms with Crippen LogP contribution in [0.25, 0.3) is 0 Å². The smallest absolute Gasteiger partial charge is 0.115 e. The van der Waals surface area contributed by atoms with E-state index in [2.05, 4.69) is 9.97 Å². The summed E-state index contributed by atoms with van der Waals surface area (Å²) < 4.78 is 0. The van der Waals surface area contributed by atoms with Crippen molar-refractivity contribution in [2.24, 2.45) is 0 Å². The molecule has 1 aromatic rings. The lowest BCUT2D eigenvalue weighted by molar-refractivity contribution is 1.05. The van der Waals surface area contributed by atoms with Crippen molar-refractivity contribution < 1.29 is 0 Å². The molecule has 0 atom stereocenters. The van der Waals surface area contributed by atoms with Gasteiger partial charge in [0.2, 0.25) is 0 Å². The molecule has 0 N–H and O–H groups in total. The Morgan fingerprint density at radius 2 is 1.62 bits per heavy atom. The van der Waals surface area contributed by atoms with E-state index in [-0.39, 0.29) is 0 Å². The van der Waals surface area contributed by atoms with Crippen LogP contribution in [-0.2, 0) is 0 Å². The first-order valence-electron chi connectivity index (χ1n) is 2.54. The van der Waals surface area contributed by atoms with Gasteiger partial charge in [-0.3, -0.25) is 0 Å². The molecule has 0 fully saturated rings. The fraction of sp³-hybridized carbons (Fsp3) is 0.333. The summed E-state index contributed by atoms with van der Waals surface area (Å²) in [5, 5.41) is 0. The minimum atomic E-state index is 1.03. The van der Waals surface area contributed by atoms with E-state index >= 15 is 0 Å². The van der Waals surface area contributed by atoms with Crippen LogP contribution >= 0.6 is 0 Å². The Bertz CT molecular complexity index is 166. The topological polar surface area (TPSA) is 25.8 Å². The molecule has 0 unspecified atom stereocenters. The van der Waals surface area contributed by atoms with Crippen molar-refractivity contribution in [1.29, 1.82) is 0 Å². The molecule has 0 aliphatic heterocycles. The van der Waals surface area contributed by atoms with Crippen molar-refractivity contribution in [2.75, 3.05) is 0 Å². The maximum atomic E-state index is 3.93. The van der Waals surface area contributed by atoms with Gasteiger partial charge in [0.15, 0.2) is 0 Å². The van der Waals surface area contributed by atoms with Gasteiger partial charge < -0.3 is 0 Å². The second-order valence-electron chi connectivity index (χ2n) is 1.80. The molecule has 0 aliphatic carbocycles. The standard InChI is InChI=1S/C6H8N2/c1-5-3-6(2)8-4-7-5/h3-4H,1-2H3. The molecule has 0 radical (unpaired) electrons. The van der Waals surface area contributed by atoms with E-state index < -0.39 is 0 Å². The van der Waals surface area contributed by atoms with Crippen molar-refractivity contribution in [1.82, 2.24) is 9.97 Å².